The molecule has 1 aliphatic heterocycles. The number of benzene rings is 2. The Kier molecular flexibility index (Phi) is 10.1. The van der Waals surface area contributed by atoms with Crippen molar-refractivity contribution in [3.63, 3.8) is 0 Å². The van der Waals surface area contributed by atoms with Gasteiger partial charge in [0.15, 0.2) is 0 Å². The maximum atomic E-state index is 4.79. The number of hydrogen-bond donors (Lipinski definition) is 1. The third kappa shape index (κ3) is 7.21. The van der Waals surface area contributed by atoms with E-state index in [1.54, 1.807) is 0 Å². The van der Waals surface area contributed by atoms with Crippen LogP contribution in [0.4, 0.5) is 11.4 Å². The zero-order valence-electron chi connectivity index (χ0n) is 18.5. The van der Waals surface area contributed by atoms with E-state index >= 15 is 0 Å². The average Bonchev–Trinajstić information content (AvgIpc) is 3.08. The molecular weight excluding hydrogens is 457 g/mol. The van der Waals surface area contributed by atoms with Crippen LogP contribution in [-0.4, -0.2) is 24.5 Å². The molecule has 30 heavy (non-hydrogen) atoms. The summed E-state index contributed by atoms with van der Waals surface area (Å²) in [5.74, 6) is 0. The van der Waals surface area contributed by atoms with Gasteiger partial charge in [-0.1, -0.05) is 35.4 Å². The molecular formula is C24H31Cl2FeN3. The zero-order valence-corrected chi connectivity index (χ0v) is 21.2. The maximum absolute atomic E-state index is 4.79. The molecule has 164 valence electrons. The van der Waals surface area contributed by atoms with Gasteiger partial charge in [0, 0.05) is 24.5 Å². The number of nitrogens with zero attached hydrogens (tertiary/aromatic N) is 2. The Hall–Kier alpha value is -1.16. The minimum atomic E-state index is 0.194. The van der Waals surface area contributed by atoms with E-state index < -0.39 is 0 Å². The first kappa shape index (κ1) is 25.1. The monoisotopic (exact) mass is 487 g/mol. The number of rotatable bonds is 4. The molecule has 0 aliphatic carbocycles. The summed E-state index contributed by atoms with van der Waals surface area (Å²) >= 11 is 0.194. The summed E-state index contributed by atoms with van der Waals surface area (Å²) in [6, 6.07) is 9.41. The van der Waals surface area contributed by atoms with E-state index in [0.717, 1.165) is 24.2 Å². The van der Waals surface area contributed by atoms with Gasteiger partial charge in [-0.3, -0.25) is 9.98 Å². The standard InChI is InChI=1S/C24H31N3.2ClH.Fe/c1-15-9-17(3)23(18(4)10-15)25-13-21-7-8-22(27-21)14-26-24-19(5)11-16(2)12-20(24)6;;;/h9-14,21-22,27H,7-8H2,1-6H3;2*1H;/q;;;+2/p-2. The summed E-state index contributed by atoms with van der Waals surface area (Å²) in [6.45, 7) is 12.8. The van der Waals surface area contributed by atoms with Crippen LogP contribution in [0, 0.1) is 41.5 Å². The van der Waals surface area contributed by atoms with Gasteiger partial charge in [0.05, 0.1) is 11.4 Å². The van der Waals surface area contributed by atoms with E-state index in [1.807, 2.05) is 0 Å². The Balaban J connectivity index is 0.00000101. The van der Waals surface area contributed by atoms with E-state index in [1.165, 1.54) is 33.4 Å². The average molecular weight is 488 g/mol. The second-order valence-corrected chi connectivity index (χ2v) is 9.88. The molecule has 2 aromatic rings. The van der Waals surface area contributed by atoms with Crippen LogP contribution in [0.3, 0.4) is 0 Å². The van der Waals surface area contributed by atoms with Crippen LogP contribution in [0.1, 0.15) is 46.2 Å². The molecule has 0 radical (unpaired) electrons. The molecule has 0 amide bonds. The predicted octanol–water partition coefficient (Wildman–Crippen LogP) is 7.14. The van der Waals surface area contributed by atoms with Gasteiger partial charge in [-0.05, 0) is 76.6 Å². The van der Waals surface area contributed by atoms with Crippen molar-refractivity contribution in [1.29, 1.82) is 0 Å². The summed E-state index contributed by atoms with van der Waals surface area (Å²) in [5, 5.41) is 3.63. The Morgan fingerprint density at radius 2 is 1.03 bits per heavy atom. The van der Waals surface area contributed by atoms with Gasteiger partial charge in [0.1, 0.15) is 0 Å². The molecule has 0 bridgehead atoms. The van der Waals surface area contributed by atoms with Gasteiger partial charge < -0.3 is 5.32 Å². The molecule has 0 saturated carbocycles. The van der Waals surface area contributed by atoms with Gasteiger partial charge in [-0.2, -0.15) is 0 Å². The quantitative estimate of drug-likeness (QED) is 0.361. The van der Waals surface area contributed by atoms with Gasteiger partial charge in [-0.25, -0.2) is 0 Å². The topological polar surface area (TPSA) is 36.8 Å². The van der Waals surface area contributed by atoms with Gasteiger partial charge in [0.25, 0.3) is 0 Å². The van der Waals surface area contributed by atoms with E-state index in [0.29, 0.717) is 12.1 Å². The number of nitrogens with one attached hydrogen (secondary N) is 1. The fraction of sp³-hybridized carbons (Fsp3) is 0.417. The number of hydrogen-bond acceptors (Lipinski definition) is 3. The minimum absolute atomic E-state index is 0.194. The summed E-state index contributed by atoms with van der Waals surface area (Å²) < 4.78 is 0. The van der Waals surface area contributed by atoms with Crippen LogP contribution in [0.2, 0.25) is 0 Å². The summed E-state index contributed by atoms with van der Waals surface area (Å²) in [6.07, 6.45) is 6.33. The van der Waals surface area contributed by atoms with Crippen molar-refractivity contribution in [3.05, 3.63) is 57.6 Å². The molecule has 2 aromatic carbocycles. The van der Waals surface area contributed by atoms with Crippen molar-refractivity contribution in [3.8, 4) is 0 Å². The first-order valence-electron chi connectivity index (χ1n) is 10.1. The Labute approximate surface area is 196 Å². The van der Waals surface area contributed by atoms with Crippen molar-refractivity contribution in [1.82, 2.24) is 5.32 Å². The van der Waals surface area contributed by atoms with Crippen LogP contribution >= 0.6 is 20.2 Å². The second kappa shape index (κ2) is 12.0. The summed E-state index contributed by atoms with van der Waals surface area (Å²) in [5.41, 5.74) is 9.75. The molecule has 2 atom stereocenters. The Morgan fingerprint density at radius 3 is 1.33 bits per heavy atom. The SMILES string of the molecule is Cc1cc(C)c(N=CC2CCC(C=Nc3c(C)cc(C)cc3C)N2)c(C)c1.[Cl][Fe][Cl]. The number of aliphatic imine (C=N–C) groups is 2. The van der Waals surface area contributed by atoms with Crippen LogP contribution in [-0.2, 0) is 13.1 Å². The van der Waals surface area contributed by atoms with E-state index in [-0.39, 0.29) is 13.1 Å². The molecule has 1 N–H and O–H groups in total. The molecule has 6 heteroatoms. The van der Waals surface area contributed by atoms with Crippen molar-refractivity contribution in [2.75, 3.05) is 0 Å². The molecule has 0 aromatic heterocycles. The van der Waals surface area contributed by atoms with Crippen LogP contribution in [0.15, 0.2) is 34.3 Å². The second-order valence-electron chi connectivity index (χ2n) is 8.06. The van der Waals surface area contributed by atoms with Gasteiger partial charge in [-0.15, -0.1) is 0 Å². The fourth-order valence-corrected chi connectivity index (χ4v) is 4.12. The molecule has 1 heterocycles. The van der Waals surface area contributed by atoms with Crippen molar-refractivity contribution >= 4 is 44.0 Å². The molecule has 0 spiro atoms. The first-order valence-corrected chi connectivity index (χ1v) is 13.1. The molecule has 1 fully saturated rings. The first-order chi connectivity index (χ1) is 14.2. The third-order valence-electron chi connectivity index (χ3n) is 5.25. The molecule has 3 nitrogen and oxygen atoms in total. The molecule has 1 aliphatic rings. The summed E-state index contributed by atoms with van der Waals surface area (Å²) in [4.78, 5) is 9.57. The number of aryl methyl sites for hydroxylation is 6. The Bertz CT molecular complexity index is 805. The fourth-order valence-electron chi connectivity index (χ4n) is 4.12. The van der Waals surface area contributed by atoms with E-state index in [4.69, 9.17) is 30.2 Å². The normalized spacial score (nSPS) is 18.9. The molecule has 1 saturated heterocycles. The summed E-state index contributed by atoms with van der Waals surface area (Å²) in [7, 11) is 9.53. The third-order valence-corrected chi connectivity index (χ3v) is 5.25. The zero-order chi connectivity index (χ0) is 22.3. The van der Waals surface area contributed by atoms with Crippen molar-refractivity contribution in [2.45, 2.75) is 66.5 Å². The van der Waals surface area contributed by atoms with Gasteiger partial charge >= 0.3 is 33.3 Å². The molecule has 3 rings (SSSR count). The van der Waals surface area contributed by atoms with E-state index in [9.17, 15) is 0 Å². The molecule has 2 unspecified atom stereocenters. The Morgan fingerprint density at radius 1 is 0.733 bits per heavy atom. The van der Waals surface area contributed by atoms with Crippen molar-refractivity contribution < 1.29 is 13.1 Å². The van der Waals surface area contributed by atoms with Crippen molar-refractivity contribution in [2.24, 2.45) is 9.98 Å². The van der Waals surface area contributed by atoms with Crippen LogP contribution < -0.4 is 5.32 Å². The van der Waals surface area contributed by atoms with Gasteiger partial charge in [0.2, 0.25) is 0 Å². The van der Waals surface area contributed by atoms with Crippen LogP contribution in [0.25, 0.3) is 0 Å². The van der Waals surface area contributed by atoms with Crippen LogP contribution in [0.5, 0.6) is 0 Å². The number of halogens is 2. The predicted molar refractivity (Wildman–Crippen MR) is 129 cm³/mol. The van der Waals surface area contributed by atoms with E-state index in [2.05, 4.69) is 83.6 Å².